The summed E-state index contributed by atoms with van der Waals surface area (Å²) in [6.07, 6.45) is 0. The van der Waals surface area contributed by atoms with Gasteiger partial charge in [0.2, 0.25) is 0 Å². The fourth-order valence-corrected chi connectivity index (χ4v) is 4.16. The van der Waals surface area contributed by atoms with Crippen LogP contribution >= 0.6 is 0 Å². The molecule has 0 spiro atoms. The van der Waals surface area contributed by atoms with Gasteiger partial charge in [0.25, 0.3) is 5.91 Å². The van der Waals surface area contributed by atoms with E-state index < -0.39 is 18.0 Å². The maximum absolute atomic E-state index is 13.7. The van der Waals surface area contributed by atoms with Crippen molar-refractivity contribution >= 4 is 29.1 Å². The molecule has 1 aliphatic carbocycles. The van der Waals surface area contributed by atoms with Gasteiger partial charge < -0.3 is 4.74 Å². The highest BCUT2D eigenvalue weighted by Crippen LogP contribution is 2.49. The topological polar surface area (TPSA) is 138 Å². The van der Waals surface area contributed by atoms with Crippen molar-refractivity contribution in [3.8, 4) is 5.75 Å². The molecule has 0 radical (unpaired) electrons. The van der Waals surface area contributed by atoms with Gasteiger partial charge in [-0.25, -0.2) is 15.6 Å². The molecule has 10 heteroatoms. The highest BCUT2D eigenvalue weighted by atomic mass is 16.5. The predicted octanol–water partition coefficient (Wildman–Crippen LogP) is 3.54. The number of ketones is 1. The van der Waals surface area contributed by atoms with E-state index >= 15 is 0 Å². The maximum atomic E-state index is 13.7. The first-order valence-corrected chi connectivity index (χ1v) is 10.7. The second-order valence-corrected chi connectivity index (χ2v) is 7.77. The van der Waals surface area contributed by atoms with Crippen molar-refractivity contribution in [3.05, 3.63) is 101 Å². The van der Waals surface area contributed by atoms with Crippen molar-refractivity contribution < 1.29 is 19.1 Å². The van der Waals surface area contributed by atoms with Crippen molar-refractivity contribution in [1.82, 2.24) is 10.9 Å². The van der Waals surface area contributed by atoms with Crippen LogP contribution in [0.15, 0.2) is 88.6 Å². The molecule has 35 heavy (non-hydrogen) atoms. The summed E-state index contributed by atoms with van der Waals surface area (Å²) in [5.74, 6) is 5.18. The van der Waals surface area contributed by atoms with Gasteiger partial charge in [-0.2, -0.15) is 10.2 Å². The molecule has 5 rings (SSSR count). The zero-order chi connectivity index (χ0) is 24.5. The summed E-state index contributed by atoms with van der Waals surface area (Å²) in [6, 6.07) is 19.1. The molecule has 1 unspecified atom stereocenters. The number of benzene rings is 3. The molecule has 0 saturated carbocycles. The summed E-state index contributed by atoms with van der Waals surface area (Å²) >= 11 is 0. The lowest BCUT2D eigenvalue weighted by Gasteiger charge is -2.24. The number of anilines is 1. The second kappa shape index (κ2) is 8.84. The lowest BCUT2D eigenvalue weighted by Crippen LogP contribution is -2.53. The van der Waals surface area contributed by atoms with Gasteiger partial charge in [0.1, 0.15) is 17.5 Å². The minimum absolute atomic E-state index is 0.172. The summed E-state index contributed by atoms with van der Waals surface area (Å²) in [7, 11) is 1.57. The van der Waals surface area contributed by atoms with Gasteiger partial charge in [0, 0.05) is 11.1 Å². The van der Waals surface area contributed by atoms with Gasteiger partial charge in [0.05, 0.1) is 23.9 Å². The zero-order valence-electron chi connectivity index (χ0n) is 18.6. The Balaban J connectivity index is 1.56. The lowest BCUT2D eigenvalue weighted by molar-refractivity contribution is 0.0948. The first-order valence-electron chi connectivity index (χ1n) is 10.7. The van der Waals surface area contributed by atoms with Crippen LogP contribution in [-0.4, -0.2) is 24.8 Å². The molecule has 1 atom stereocenters. The van der Waals surface area contributed by atoms with Crippen molar-refractivity contribution in [2.45, 2.75) is 6.04 Å². The minimum Gasteiger partial charge on any atom is -0.497 e. The molecule has 1 heterocycles. The van der Waals surface area contributed by atoms with Crippen LogP contribution in [0.3, 0.4) is 0 Å². The molecule has 3 amide bonds. The Labute approximate surface area is 200 Å². The van der Waals surface area contributed by atoms with Gasteiger partial charge in [-0.3, -0.25) is 20.4 Å². The average molecular weight is 468 g/mol. The first-order chi connectivity index (χ1) is 17.0. The summed E-state index contributed by atoms with van der Waals surface area (Å²) in [5, 5.41) is 9.53. The Hall–Kier alpha value is -4.83. The maximum Gasteiger partial charge on any atom is 0.355 e. The number of carbonyl (C=O) groups is 3. The number of hydrogen-bond acceptors (Lipinski definition) is 7. The van der Waals surface area contributed by atoms with Crippen LogP contribution in [0.5, 0.6) is 5.75 Å². The highest BCUT2D eigenvalue weighted by molar-refractivity contribution is 6.22. The van der Waals surface area contributed by atoms with E-state index in [1.54, 1.807) is 79.9 Å². The van der Waals surface area contributed by atoms with Gasteiger partial charge in [-0.1, -0.05) is 30.3 Å². The molecule has 0 fully saturated rings. The molecule has 2 aliphatic rings. The van der Waals surface area contributed by atoms with E-state index in [1.807, 2.05) is 5.43 Å². The Bertz CT molecular complexity index is 1400. The van der Waals surface area contributed by atoms with Crippen molar-refractivity contribution in [2.75, 3.05) is 12.1 Å². The number of azo groups is 1. The van der Waals surface area contributed by atoms with Crippen LogP contribution in [-0.2, 0) is 0 Å². The Morgan fingerprint density at radius 3 is 2.43 bits per heavy atom. The number of ether oxygens (including phenoxy) is 1. The van der Waals surface area contributed by atoms with Gasteiger partial charge in [-0.05, 0) is 48.0 Å². The number of nitrogens with two attached hydrogens (primary N) is 1. The standard InChI is InChI=1S/C25H20N6O4/c1-35-16-12-10-14(11-13-16)21-20-22(29-28-21)17-8-5-9-18(19(17)23(20)32)31(25(34)27-26)30-24(33)15-6-3-2-4-7-15/h2-13,22H,26H2,1H3,(H,27,34)(H,30,33). The van der Waals surface area contributed by atoms with Crippen LogP contribution in [0.1, 0.15) is 37.9 Å². The average Bonchev–Trinajstić information content (AvgIpc) is 3.47. The van der Waals surface area contributed by atoms with E-state index in [-0.39, 0.29) is 17.0 Å². The number of nitrogens with zero attached hydrogens (tertiary/aromatic N) is 3. The molecule has 3 aromatic carbocycles. The Kier molecular flexibility index (Phi) is 5.55. The number of hydrazine groups is 2. The third-order valence-corrected chi connectivity index (χ3v) is 5.82. The van der Waals surface area contributed by atoms with Crippen molar-refractivity contribution in [3.63, 3.8) is 0 Å². The smallest absolute Gasteiger partial charge is 0.355 e. The third kappa shape index (κ3) is 3.71. The predicted molar refractivity (Wildman–Crippen MR) is 127 cm³/mol. The molecule has 3 aromatic rings. The van der Waals surface area contributed by atoms with Gasteiger partial charge >= 0.3 is 6.03 Å². The number of nitrogens with one attached hydrogen (secondary N) is 2. The lowest BCUT2D eigenvalue weighted by atomic mass is 10.0. The van der Waals surface area contributed by atoms with Crippen LogP contribution in [0, 0.1) is 0 Å². The summed E-state index contributed by atoms with van der Waals surface area (Å²) in [4.78, 5) is 39.2. The molecule has 0 aromatic heterocycles. The van der Waals surface area contributed by atoms with E-state index in [1.165, 1.54) is 0 Å². The van der Waals surface area contributed by atoms with Crippen molar-refractivity contribution in [1.29, 1.82) is 0 Å². The normalized spacial score (nSPS) is 15.5. The van der Waals surface area contributed by atoms with E-state index in [0.29, 0.717) is 33.7 Å². The van der Waals surface area contributed by atoms with Crippen LogP contribution < -0.4 is 26.4 Å². The van der Waals surface area contributed by atoms with E-state index in [4.69, 9.17) is 10.6 Å². The fraction of sp³-hybridized carbons (Fsp3) is 0.0800. The molecule has 4 N–H and O–H groups in total. The molecule has 0 saturated heterocycles. The molecule has 174 valence electrons. The Morgan fingerprint density at radius 1 is 1.00 bits per heavy atom. The molecular weight excluding hydrogens is 448 g/mol. The van der Waals surface area contributed by atoms with E-state index in [9.17, 15) is 14.4 Å². The number of hydrogen-bond donors (Lipinski definition) is 3. The molecular formula is C25H20N6O4. The van der Waals surface area contributed by atoms with Gasteiger partial charge in [0.15, 0.2) is 5.78 Å². The third-order valence-electron chi connectivity index (χ3n) is 5.82. The van der Waals surface area contributed by atoms with E-state index in [0.717, 1.165) is 5.01 Å². The highest BCUT2D eigenvalue weighted by Gasteiger charge is 2.43. The summed E-state index contributed by atoms with van der Waals surface area (Å²) in [5.41, 5.74) is 7.45. The number of fused-ring (bicyclic) bond motifs is 3. The number of carbonyl (C=O) groups excluding carboxylic acids is 3. The van der Waals surface area contributed by atoms with Crippen molar-refractivity contribution in [2.24, 2.45) is 16.1 Å². The molecule has 10 nitrogen and oxygen atoms in total. The Morgan fingerprint density at radius 2 is 1.74 bits per heavy atom. The first kappa shape index (κ1) is 22.0. The zero-order valence-corrected chi connectivity index (χ0v) is 18.6. The largest absolute Gasteiger partial charge is 0.497 e. The monoisotopic (exact) mass is 468 g/mol. The number of Topliss-reactive ketones (excluding diaryl/α,β-unsaturated/α-hetero) is 1. The number of methoxy groups -OCH3 is 1. The number of urea groups is 1. The molecule has 0 bridgehead atoms. The second-order valence-electron chi connectivity index (χ2n) is 7.77. The SMILES string of the molecule is COc1ccc(C2=C3C(=O)c4c(cccc4N(NC(=O)c4ccccc4)C(=O)NN)C3N=N2)cc1. The van der Waals surface area contributed by atoms with Gasteiger partial charge in [-0.15, -0.1) is 0 Å². The van der Waals surface area contributed by atoms with Crippen LogP contribution in [0.25, 0.3) is 5.70 Å². The minimum atomic E-state index is -0.821. The number of amides is 3. The fourth-order valence-electron chi connectivity index (χ4n) is 4.16. The van der Waals surface area contributed by atoms with Crippen LogP contribution in [0.4, 0.5) is 10.5 Å². The number of rotatable bonds is 4. The quantitative estimate of drug-likeness (QED) is 0.305. The molecule has 1 aliphatic heterocycles. The van der Waals surface area contributed by atoms with Crippen LogP contribution in [0.2, 0.25) is 0 Å². The summed E-state index contributed by atoms with van der Waals surface area (Å²) < 4.78 is 5.20. The summed E-state index contributed by atoms with van der Waals surface area (Å²) in [6.45, 7) is 0. The van der Waals surface area contributed by atoms with E-state index in [2.05, 4.69) is 15.7 Å².